The number of methoxy groups -OCH3 is 1. The Morgan fingerprint density at radius 1 is 1.08 bits per heavy atom. The summed E-state index contributed by atoms with van der Waals surface area (Å²) in [6.45, 7) is 4.30. The predicted molar refractivity (Wildman–Crippen MR) is 103 cm³/mol. The number of nitrogens with one attached hydrogen (secondary N) is 1. The van der Waals surface area contributed by atoms with Crippen molar-refractivity contribution >= 4 is 22.2 Å². The number of aryl methyl sites for hydroxylation is 2. The number of rotatable bonds is 6. The lowest BCUT2D eigenvalue weighted by Crippen LogP contribution is -1.92. The molecule has 0 saturated carbocycles. The number of hydrogen-bond donors (Lipinski definition) is 1. The quantitative estimate of drug-likeness (QED) is 0.614. The largest absolute Gasteiger partial charge is 0.497 e. The summed E-state index contributed by atoms with van der Waals surface area (Å²) in [6, 6.07) is 16.4. The van der Waals surface area contributed by atoms with Gasteiger partial charge in [0.15, 0.2) is 5.13 Å². The molecule has 1 N–H and O–H groups in total. The highest BCUT2D eigenvalue weighted by molar-refractivity contribution is 7.16. The van der Waals surface area contributed by atoms with Crippen molar-refractivity contribution in [1.82, 2.24) is 4.98 Å². The normalized spacial score (nSPS) is 10.6. The van der Waals surface area contributed by atoms with E-state index in [2.05, 4.69) is 43.4 Å². The first-order valence-electron chi connectivity index (χ1n) is 8.18. The summed E-state index contributed by atoms with van der Waals surface area (Å²) in [6.07, 6.45) is 2.14. The molecule has 124 valence electrons. The summed E-state index contributed by atoms with van der Waals surface area (Å²) in [5, 5.41) is 4.41. The molecule has 0 amide bonds. The summed E-state index contributed by atoms with van der Waals surface area (Å²) >= 11 is 1.74. The van der Waals surface area contributed by atoms with E-state index < -0.39 is 0 Å². The molecular weight excluding hydrogens is 316 g/mol. The van der Waals surface area contributed by atoms with E-state index in [1.54, 1.807) is 18.4 Å². The zero-order valence-electron chi connectivity index (χ0n) is 14.3. The summed E-state index contributed by atoms with van der Waals surface area (Å²) < 4.78 is 5.25. The highest BCUT2D eigenvalue weighted by atomic mass is 32.1. The fraction of sp³-hybridized carbons (Fsp3) is 0.250. The topological polar surface area (TPSA) is 34.2 Å². The molecule has 24 heavy (non-hydrogen) atoms. The van der Waals surface area contributed by atoms with Crippen molar-refractivity contribution in [3.63, 3.8) is 0 Å². The molecule has 0 spiro atoms. The summed E-state index contributed by atoms with van der Waals surface area (Å²) in [7, 11) is 1.69. The summed E-state index contributed by atoms with van der Waals surface area (Å²) in [4.78, 5) is 6.18. The van der Waals surface area contributed by atoms with Crippen LogP contribution < -0.4 is 10.1 Å². The molecule has 0 fully saturated rings. The molecule has 0 saturated heterocycles. The van der Waals surface area contributed by atoms with Gasteiger partial charge >= 0.3 is 0 Å². The lowest BCUT2D eigenvalue weighted by molar-refractivity contribution is 0.415. The lowest BCUT2D eigenvalue weighted by atomic mass is 10.1. The van der Waals surface area contributed by atoms with Gasteiger partial charge in [0.1, 0.15) is 5.75 Å². The van der Waals surface area contributed by atoms with Crippen molar-refractivity contribution in [3.05, 3.63) is 59.0 Å². The number of anilines is 2. The second kappa shape index (κ2) is 7.49. The smallest absolute Gasteiger partial charge is 0.187 e. The maximum atomic E-state index is 5.25. The second-order valence-electron chi connectivity index (χ2n) is 5.71. The molecule has 0 radical (unpaired) electrons. The molecule has 3 aromatic rings. The van der Waals surface area contributed by atoms with Crippen molar-refractivity contribution in [2.45, 2.75) is 26.7 Å². The summed E-state index contributed by atoms with van der Waals surface area (Å²) in [5.41, 5.74) is 4.53. The van der Waals surface area contributed by atoms with Crippen LogP contribution >= 0.6 is 11.3 Å². The molecular formula is C20H22N2OS. The van der Waals surface area contributed by atoms with Gasteiger partial charge in [0.2, 0.25) is 0 Å². The van der Waals surface area contributed by atoms with Crippen LogP contribution in [0.3, 0.4) is 0 Å². The van der Waals surface area contributed by atoms with E-state index in [1.165, 1.54) is 10.4 Å². The lowest BCUT2D eigenvalue weighted by Gasteiger charge is -2.05. The standard InChI is InChI=1S/C20H22N2OS/c1-4-7-18-19(15-10-12-16(23-3)13-11-15)22-20(24-18)21-17-9-6-5-8-14(17)2/h5-6,8-13H,4,7H2,1-3H3,(H,21,22). The molecule has 2 aromatic carbocycles. The molecule has 1 aromatic heterocycles. The van der Waals surface area contributed by atoms with Gasteiger partial charge in [0.05, 0.1) is 12.8 Å². The fourth-order valence-corrected chi connectivity index (χ4v) is 3.70. The van der Waals surface area contributed by atoms with Crippen molar-refractivity contribution in [2.24, 2.45) is 0 Å². The van der Waals surface area contributed by atoms with Crippen LogP contribution in [0.15, 0.2) is 48.5 Å². The van der Waals surface area contributed by atoms with Gasteiger partial charge in [-0.3, -0.25) is 0 Å². The fourth-order valence-electron chi connectivity index (χ4n) is 2.60. The van der Waals surface area contributed by atoms with E-state index in [9.17, 15) is 0 Å². The van der Waals surface area contributed by atoms with E-state index >= 15 is 0 Å². The van der Waals surface area contributed by atoms with Gasteiger partial charge in [-0.15, -0.1) is 11.3 Å². The van der Waals surface area contributed by atoms with Gasteiger partial charge in [-0.25, -0.2) is 4.98 Å². The van der Waals surface area contributed by atoms with E-state index in [0.29, 0.717) is 0 Å². The van der Waals surface area contributed by atoms with E-state index in [-0.39, 0.29) is 0 Å². The Labute approximate surface area is 147 Å². The molecule has 0 bridgehead atoms. The van der Waals surface area contributed by atoms with E-state index in [4.69, 9.17) is 9.72 Å². The average Bonchev–Trinajstić information content (AvgIpc) is 3.00. The van der Waals surface area contributed by atoms with E-state index in [0.717, 1.165) is 40.7 Å². The molecule has 1 heterocycles. The van der Waals surface area contributed by atoms with Gasteiger partial charge in [0, 0.05) is 16.1 Å². The molecule has 0 aliphatic rings. The third-order valence-electron chi connectivity index (χ3n) is 3.92. The zero-order chi connectivity index (χ0) is 16.9. The minimum Gasteiger partial charge on any atom is -0.497 e. The Hall–Kier alpha value is -2.33. The van der Waals surface area contributed by atoms with Crippen LogP contribution in [0.25, 0.3) is 11.3 Å². The molecule has 4 heteroatoms. The molecule has 0 unspecified atom stereocenters. The number of nitrogens with zero attached hydrogens (tertiary/aromatic N) is 1. The Kier molecular flexibility index (Phi) is 5.16. The Bertz CT molecular complexity index is 809. The minimum atomic E-state index is 0.865. The first kappa shape index (κ1) is 16.5. The highest BCUT2D eigenvalue weighted by Gasteiger charge is 2.13. The Morgan fingerprint density at radius 3 is 2.50 bits per heavy atom. The van der Waals surface area contributed by atoms with Crippen molar-refractivity contribution < 1.29 is 4.74 Å². The molecule has 3 nitrogen and oxygen atoms in total. The first-order chi connectivity index (χ1) is 11.7. The third kappa shape index (κ3) is 3.60. The third-order valence-corrected chi connectivity index (χ3v) is 4.96. The van der Waals surface area contributed by atoms with Crippen molar-refractivity contribution in [1.29, 1.82) is 0 Å². The van der Waals surface area contributed by atoms with Gasteiger partial charge in [-0.05, 0) is 49.2 Å². The molecule has 0 aliphatic heterocycles. The number of benzene rings is 2. The van der Waals surface area contributed by atoms with Crippen LogP contribution in [-0.2, 0) is 6.42 Å². The van der Waals surface area contributed by atoms with Gasteiger partial charge in [-0.2, -0.15) is 0 Å². The summed E-state index contributed by atoms with van der Waals surface area (Å²) in [5.74, 6) is 0.865. The average molecular weight is 338 g/mol. The number of para-hydroxylation sites is 1. The number of hydrogen-bond acceptors (Lipinski definition) is 4. The van der Waals surface area contributed by atoms with Crippen LogP contribution in [0.4, 0.5) is 10.8 Å². The van der Waals surface area contributed by atoms with E-state index in [1.807, 2.05) is 24.3 Å². The molecule has 0 aliphatic carbocycles. The highest BCUT2D eigenvalue weighted by Crippen LogP contribution is 2.34. The molecule has 0 atom stereocenters. The van der Waals surface area contributed by atoms with Gasteiger partial charge < -0.3 is 10.1 Å². The van der Waals surface area contributed by atoms with Crippen molar-refractivity contribution in [2.75, 3.05) is 12.4 Å². The monoisotopic (exact) mass is 338 g/mol. The van der Waals surface area contributed by atoms with Crippen LogP contribution in [0.1, 0.15) is 23.8 Å². The minimum absolute atomic E-state index is 0.865. The van der Waals surface area contributed by atoms with Gasteiger partial charge in [0.25, 0.3) is 0 Å². The second-order valence-corrected chi connectivity index (χ2v) is 6.79. The maximum Gasteiger partial charge on any atom is 0.187 e. The Morgan fingerprint density at radius 2 is 1.83 bits per heavy atom. The van der Waals surface area contributed by atoms with Crippen LogP contribution in [-0.4, -0.2) is 12.1 Å². The Balaban J connectivity index is 1.93. The number of thiazole rings is 1. The molecule has 3 rings (SSSR count). The first-order valence-corrected chi connectivity index (χ1v) is 8.99. The van der Waals surface area contributed by atoms with Crippen LogP contribution in [0, 0.1) is 6.92 Å². The predicted octanol–water partition coefficient (Wildman–Crippen LogP) is 5.82. The SMILES string of the molecule is CCCc1sc(Nc2ccccc2C)nc1-c1ccc(OC)cc1. The number of aromatic nitrogens is 1. The zero-order valence-corrected chi connectivity index (χ0v) is 15.1. The van der Waals surface area contributed by atoms with Gasteiger partial charge in [-0.1, -0.05) is 31.5 Å². The van der Waals surface area contributed by atoms with Crippen LogP contribution in [0.5, 0.6) is 5.75 Å². The maximum absolute atomic E-state index is 5.25. The van der Waals surface area contributed by atoms with Crippen LogP contribution in [0.2, 0.25) is 0 Å². The van der Waals surface area contributed by atoms with Crippen molar-refractivity contribution in [3.8, 4) is 17.0 Å². The number of ether oxygens (including phenoxy) is 1.